The van der Waals surface area contributed by atoms with E-state index in [4.69, 9.17) is 0 Å². The van der Waals surface area contributed by atoms with Crippen molar-refractivity contribution in [1.29, 1.82) is 0 Å². The van der Waals surface area contributed by atoms with Gasteiger partial charge in [0.25, 0.3) is 5.82 Å². The van der Waals surface area contributed by atoms with Crippen LogP contribution < -0.4 is 0 Å². The summed E-state index contributed by atoms with van der Waals surface area (Å²) in [6.45, 7) is 0. The predicted molar refractivity (Wildman–Crippen MR) is 71.7 cm³/mol. The molecular formula is C12H9N5O4. The summed E-state index contributed by atoms with van der Waals surface area (Å²) in [6.07, 6.45) is 1.11. The number of esters is 1. The zero-order valence-electron chi connectivity index (χ0n) is 10.8. The van der Waals surface area contributed by atoms with Crippen molar-refractivity contribution in [3.63, 3.8) is 0 Å². The molecular weight excluding hydrogens is 278 g/mol. The zero-order chi connectivity index (χ0) is 15.0. The molecule has 0 amide bonds. The van der Waals surface area contributed by atoms with Crippen LogP contribution in [0.4, 0.5) is 5.82 Å². The van der Waals surface area contributed by atoms with Crippen LogP contribution in [0.1, 0.15) is 10.4 Å². The zero-order valence-corrected chi connectivity index (χ0v) is 10.8. The molecule has 0 spiro atoms. The summed E-state index contributed by atoms with van der Waals surface area (Å²) in [5, 5.41) is 10.6. The number of nitro groups is 1. The van der Waals surface area contributed by atoms with E-state index in [1.165, 1.54) is 7.11 Å². The Hall–Kier alpha value is -3.23. The summed E-state index contributed by atoms with van der Waals surface area (Å²) in [7, 11) is 1.30. The lowest BCUT2D eigenvalue weighted by atomic mass is 10.2. The molecule has 3 rings (SSSR count). The molecule has 0 unspecified atom stereocenters. The van der Waals surface area contributed by atoms with Gasteiger partial charge in [0.05, 0.1) is 23.7 Å². The first-order chi connectivity index (χ1) is 10.1. The fourth-order valence-electron chi connectivity index (χ4n) is 1.89. The number of carbonyl (C=O) groups is 1. The summed E-state index contributed by atoms with van der Waals surface area (Å²) in [4.78, 5) is 35.2. The molecule has 9 heteroatoms. The Morgan fingerprint density at radius 3 is 2.81 bits per heavy atom. The minimum atomic E-state index is -0.575. The van der Waals surface area contributed by atoms with Crippen molar-refractivity contribution in [3.05, 3.63) is 40.1 Å². The van der Waals surface area contributed by atoms with Crippen molar-refractivity contribution in [1.82, 2.24) is 19.9 Å². The lowest BCUT2D eigenvalue weighted by molar-refractivity contribution is -0.389. The number of benzene rings is 1. The van der Waals surface area contributed by atoms with Crippen molar-refractivity contribution in [3.8, 4) is 11.6 Å². The second kappa shape index (κ2) is 4.71. The molecule has 0 aliphatic heterocycles. The summed E-state index contributed by atoms with van der Waals surface area (Å²) < 4.78 is 4.64. The fraction of sp³-hybridized carbons (Fsp3) is 0.0833. The molecule has 0 atom stereocenters. The first-order valence-electron chi connectivity index (χ1n) is 5.86. The molecule has 0 aliphatic carbocycles. The van der Waals surface area contributed by atoms with Gasteiger partial charge in [-0.25, -0.2) is 19.7 Å². The summed E-state index contributed by atoms with van der Waals surface area (Å²) >= 11 is 0. The van der Waals surface area contributed by atoms with E-state index in [2.05, 4.69) is 24.7 Å². The maximum absolute atomic E-state index is 11.5. The maximum atomic E-state index is 11.5. The highest BCUT2D eigenvalue weighted by Gasteiger charge is 2.16. The smallest absolute Gasteiger partial charge is 0.341 e. The highest BCUT2D eigenvalue weighted by molar-refractivity contribution is 5.94. The van der Waals surface area contributed by atoms with Crippen LogP contribution in [0.25, 0.3) is 22.7 Å². The molecule has 2 aromatic heterocycles. The van der Waals surface area contributed by atoms with Crippen molar-refractivity contribution >= 4 is 22.8 Å². The van der Waals surface area contributed by atoms with Crippen LogP contribution in [0.15, 0.2) is 24.4 Å². The third-order valence-electron chi connectivity index (χ3n) is 2.89. The second-order valence-electron chi connectivity index (χ2n) is 4.18. The number of imidazole rings is 2. The van der Waals surface area contributed by atoms with Crippen LogP contribution in [0.3, 0.4) is 0 Å². The lowest BCUT2D eigenvalue weighted by Crippen LogP contribution is -2.00. The number of nitrogens with one attached hydrogen (secondary N) is 2. The van der Waals surface area contributed by atoms with Crippen LogP contribution in [0.5, 0.6) is 0 Å². The highest BCUT2D eigenvalue weighted by Crippen LogP contribution is 2.21. The minimum absolute atomic E-state index is 0.222. The van der Waals surface area contributed by atoms with Crippen molar-refractivity contribution in [2.75, 3.05) is 7.11 Å². The molecule has 2 heterocycles. The van der Waals surface area contributed by atoms with E-state index < -0.39 is 10.9 Å². The number of methoxy groups -OCH3 is 1. The molecule has 0 bridgehead atoms. The maximum Gasteiger partial charge on any atom is 0.341 e. The number of aromatic nitrogens is 4. The van der Waals surface area contributed by atoms with Crippen LogP contribution >= 0.6 is 0 Å². The monoisotopic (exact) mass is 287 g/mol. The number of hydrogen-bond acceptors (Lipinski definition) is 6. The number of carbonyl (C=O) groups excluding carboxylic acids is 1. The van der Waals surface area contributed by atoms with Crippen molar-refractivity contribution in [2.45, 2.75) is 0 Å². The largest absolute Gasteiger partial charge is 0.465 e. The lowest BCUT2D eigenvalue weighted by Gasteiger charge is -1.97. The van der Waals surface area contributed by atoms with E-state index in [0.717, 1.165) is 6.20 Å². The summed E-state index contributed by atoms with van der Waals surface area (Å²) in [5.41, 5.74) is 1.59. The van der Waals surface area contributed by atoms with Gasteiger partial charge in [0, 0.05) is 0 Å². The first-order valence-corrected chi connectivity index (χ1v) is 5.86. The molecule has 21 heavy (non-hydrogen) atoms. The van der Waals surface area contributed by atoms with Gasteiger partial charge in [0.2, 0.25) is 0 Å². The number of hydrogen-bond donors (Lipinski definition) is 2. The van der Waals surface area contributed by atoms with E-state index in [-0.39, 0.29) is 11.6 Å². The minimum Gasteiger partial charge on any atom is -0.465 e. The average molecular weight is 287 g/mol. The Labute approximate surface area is 117 Å². The van der Waals surface area contributed by atoms with E-state index in [1.54, 1.807) is 18.2 Å². The Morgan fingerprint density at radius 1 is 1.33 bits per heavy atom. The molecule has 2 N–H and O–H groups in total. The highest BCUT2D eigenvalue weighted by atomic mass is 16.6. The SMILES string of the molecule is COC(=O)c1ccc2nc(-c3ncc([N+](=O)[O-])[nH]3)[nH]c2c1. The van der Waals surface area contributed by atoms with Crippen LogP contribution in [-0.2, 0) is 4.74 Å². The van der Waals surface area contributed by atoms with Gasteiger partial charge in [-0.05, 0) is 23.1 Å². The van der Waals surface area contributed by atoms with Gasteiger partial charge in [-0.3, -0.25) is 0 Å². The number of nitrogens with zero attached hydrogens (tertiary/aromatic N) is 3. The molecule has 0 saturated carbocycles. The van der Waals surface area contributed by atoms with Gasteiger partial charge >= 0.3 is 11.8 Å². The van der Waals surface area contributed by atoms with E-state index in [0.29, 0.717) is 22.4 Å². The standard InChI is InChI=1S/C12H9N5O4/c1-21-12(18)6-2-3-7-8(4-6)15-11(14-7)10-13-5-9(16-10)17(19)20/h2-5H,1H3,(H,13,16)(H,14,15). The molecule has 0 radical (unpaired) electrons. The Morgan fingerprint density at radius 2 is 2.14 bits per heavy atom. The van der Waals surface area contributed by atoms with Crippen molar-refractivity contribution in [2.24, 2.45) is 0 Å². The van der Waals surface area contributed by atoms with Gasteiger partial charge in [-0.1, -0.05) is 0 Å². The van der Waals surface area contributed by atoms with Gasteiger partial charge in [-0.2, -0.15) is 0 Å². The molecule has 1 aromatic carbocycles. The third-order valence-corrected chi connectivity index (χ3v) is 2.89. The number of ether oxygens (including phenoxy) is 1. The third kappa shape index (κ3) is 2.20. The Bertz CT molecular complexity index is 850. The van der Waals surface area contributed by atoms with Gasteiger partial charge < -0.3 is 19.8 Å². The number of rotatable bonds is 3. The Balaban J connectivity index is 2.03. The normalized spacial score (nSPS) is 10.7. The topological polar surface area (TPSA) is 127 Å². The van der Waals surface area contributed by atoms with Gasteiger partial charge in [0.15, 0.2) is 5.82 Å². The molecule has 0 aliphatic rings. The van der Waals surface area contributed by atoms with Crippen LogP contribution in [0, 0.1) is 10.1 Å². The van der Waals surface area contributed by atoms with E-state index in [9.17, 15) is 14.9 Å². The number of aromatic amines is 2. The molecule has 3 aromatic rings. The summed E-state index contributed by atoms with van der Waals surface area (Å²) in [5.74, 6) is -0.0833. The molecule has 0 saturated heterocycles. The van der Waals surface area contributed by atoms with Crippen LogP contribution in [0.2, 0.25) is 0 Å². The fourth-order valence-corrected chi connectivity index (χ4v) is 1.89. The molecule has 9 nitrogen and oxygen atoms in total. The average Bonchev–Trinajstić information content (AvgIpc) is 3.11. The van der Waals surface area contributed by atoms with Gasteiger partial charge in [-0.15, -0.1) is 0 Å². The molecule has 0 fully saturated rings. The summed E-state index contributed by atoms with van der Waals surface area (Å²) in [6, 6.07) is 4.83. The number of fused-ring (bicyclic) bond motifs is 1. The Kier molecular flexibility index (Phi) is 2.87. The first kappa shape index (κ1) is 12.8. The second-order valence-corrected chi connectivity index (χ2v) is 4.18. The number of H-pyrrole nitrogens is 2. The van der Waals surface area contributed by atoms with E-state index in [1.807, 2.05) is 0 Å². The predicted octanol–water partition coefficient (Wildman–Crippen LogP) is 1.65. The van der Waals surface area contributed by atoms with Crippen molar-refractivity contribution < 1.29 is 14.5 Å². The van der Waals surface area contributed by atoms with E-state index >= 15 is 0 Å². The van der Waals surface area contributed by atoms with Gasteiger partial charge in [0.1, 0.15) is 6.20 Å². The van der Waals surface area contributed by atoms with Crippen LogP contribution in [-0.4, -0.2) is 37.9 Å². The molecule has 106 valence electrons. The quantitative estimate of drug-likeness (QED) is 0.428.